The van der Waals surface area contributed by atoms with Gasteiger partial charge in [0.25, 0.3) is 0 Å². The number of ketones is 2. The molecule has 0 saturated carbocycles. The van der Waals surface area contributed by atoms with Crippen LogP contribution < -0.4 is 10.7 Å². The number of nitrogens with zero attached hydrogens (tertiary/aromatic N) is 3. The molecule has 4 aromatic rings. The van der Waals surface area contributed by atoms with Crippen molar-refractivity contribution in [2.75, 3.05) is 31.1 Å². The zero-order chi connectivity index (χ0) is 25.4. The van der Waals surface area contributed by atoms with Gasteiger partial charge in [-0.05, 0) is 55.5 Å². The van der Waals surface area contributed by atoms with Gasteiger partial charge in [0.1, 0.15) is 0 Å². The van der Waals surface area contributed by atoms with Crippen molar-refractivity contribution in [2.24, 2.45) is 0 Å². The quantitative estimate of drug-likeness (QED) is 0.326. The number of carbonyl (C=O) groups excluding carboxylic acids is 2. The third-order valence-electron chi connectivity index (χ3n) is 6.47. The van der Waals surface area contributed by atoms with Gasteiger partial charge in [-0.3, -0.25) is 19.1 Å². The lowest BCUT2D eigenvalue weighted by molar-refractivity contribution is 0.101. The molecule has 1 aromatic heterocycles. The van der Waals surface area contributed by atoms with Crippen LogP contribution in [0.1, 0.15) is 33.2 Å². The van der Waals surface area contributed by atoms with E-state index in [1.165, 1.54) is 10.6 Å². The highest BCUT2D eigenvalue weighted by molar-refractivity contribution is 6.38. The predicted octanol–water partition coefficient (Wildman–Crippen LogP) is 5.11. The number of hydrogen-bond donors (Lipinski definition) is 0. The van der Waals surface area contributed by atoms with E-state index in [9.17, 15) is 14.4 Å². The molecular weight excluding hydrogens is 501 g/mol. The summed E-state index contributed by atoms with van der Waals surface area (Å²) >= 11 is 12.7. The van der Waals surface area contributed by atoms with Crippen LogP contribution in [0.4, 0.5) is 5.69 Å². The molecule has 1 fully saturated rings. The Morgan fingerprint density at radius 3 is 2.25 bits per heavy atom. The maximum atomic E-state index is 13.0. The van der Waals surface area contributed by atoms with Gasteiger partial charge in [0.05, 0.1) is 22.2 Å². The first-order chi connectivity index (χ1) is 17.3. The summed E-state index contributed by atoms with van der Waals surface area (Å²) in [5.41, 5.74) is 3.14. The van der Waals surface area contributed by atoms with Crippen LogP contribution in [0.2, 0.25) is 10.0 Å². The van der Waals surface area contributed by atoms with E-state index < -0.39 is 5.76 Å². The highest BCUT2D eigenvalue weighted by Crippen LogP contribution is 2.28. The molecule has 0 aliphatic carbocycles. The zero-order valence-electron chi connectivity index (χ0n) is 19.5. The molecule has 7 nitrogen and oxygen atoms in total. The molecule has 1 aliphatic heterocycles. The molecule has 5 rings (SSSR count). The van der Waals surface area contributed by atoms with E-state index in [-0.39, 0.29) is 22.2 Å². The number of anilines is 1. The van der Waals surface area contributed by atoms with Crippen LogP contribution in [0.15, 0.2) is 69.9 Å². The molecule has 9 heteroatoms. The Balaban J connectivity index is 1.32. The fourth-order valence-corrected chi connectivity index (χ4v) is 4.90. The van der Waals surface area contributed by atoms with Gasteiger partial charge in [-0.1, -0.05) is 35.3 Å². The second-order valence-electron chi connectivity index (χ2n) is 8.75. The molecule has 0 spiro atoms. The summed E-state index contributed by atoms with van der Waals surface area (Å²) < 4.78 is 7.00. The summed E-state index contributed by atoms with van der Waals surface area (Å²) in [6.07, 6.45) is 0. The molecule has 0 radical (unpaired) electrons. The number of rotatable bonds is 6. The third-order valence-corrected chi connectivity index (χ3v) is 7.12. The van der Waals surface area contributed by atoms with E-state index in [1.807, 2.05) is 24.3 Å². The molecule has 0 amide bonds. The van der Waals surface area contributed by atoms with Gasteiger partial charge in [0.15, 0.2) is 17.1 Å². The molecule has 2 heterocycles. The van der Waals surface area contributed by atoms with Crippen molar-refractivity contribution in [3.05, 3.63) is 97.9 Å². The fourth-order valence-electron chi connectivity index (χ4n) is 4.44. The SMILES string of the molecule is CC(=O)c1ccc(N2CCN(Cn3c(=O)oc4cc(C(=O)c5ccccc5Cl)c(Cl)cc43)CC2)cc1. The molecule has 0 unspecified atom stereocenters. The van der Waals surface area contributed by atoms with Crippen LogP contribution in [0, 0.1) is 0 Å². The van der Waals surface area contributed by atoms with Gasteiger partial charge in [0.2, 0.25) is 0 Å². The Morgan fingerprint density at radius 1 is 0.889 bits per heavy atom. The highest BCUT2D eigenvalue weighted by Gasteiger charge is 2.22. The van der Waals surface area contributed by atoms with Crippen LogP contribution in [-0.4, -0.2) is 47.2 Å². The zero-order valence-corrected chi connectivity index (χ0v) is 21.1. The van der Waals surface area contributed by atoms with Gasteiger partial charge in [-0.2, -0.15) is 0 Å². The summed E-state index contributed by atoms with van der Waals surface area (Å²) in [4.78, 5) is 41.6. The lowest BCUT2D eigenvalue weighted by Gasteiger charge is -2.36. The van der Waals surface area contributed by atoms with E-state index in [0.717, 1.165) is 31.9 Å². The van der Waals surface area contributed by atoms with Crippen molar-refractivity contribution in [1.82, 2.24) is 9.47 Å². The van der Waals surface area contributed by atoms with Crippen molar-refractivity contribution in [3.8, 4) is 0 Å². The third kappa shape index (κ3) is 4.69. The number of fused-ring (bicyclic) bond motifs is 1. The Hall–Kier alpha value is -3.39. The van der Waals surface area contributed by atoms with Gasteiger partial charge < -0.3 is 9.32 Å². The van der Waals surface area contributed by atoms with E-state index in [1.54, 1.807) is 37.3 Å². The number of oxazole rings is 1. The predicted molar refractivity (Wildman–Crippen MR) is 141 cm³/mol. The average molecular weight is 524 g/mol. The lowest BCUT2D eigenvalue weighted by atomic mass is 10.0. The minimum Gasteiger partial charge on any atom is -0.408 e. The lowest BCUT2D eigenvalue weighted by Crippen LogP contribution is -2.47. The fraction of sp³-hybridized carbons (Fsp3) is 0.222. The van der Waals surface area contributed by atoms with Gasteiger partial charge in [-0.25, -0.2) is 4.79 Å². The van der Waals surface area contributed by atoms with Crippen LogP contribution in [-0.2, 0) is 6.67 Å². The van der Waals surface area contributed by atoms with E-state index >= 15 is 0 Å². The molecule has 1 aliphatic rings. The summed E-state index contributed by atoms with van der Waals surface area (Å²) in [6, 6.07) is 17.4. The maximum Gasteiger partial charge on any atom is 0.421 e. The Kier molecular flexibility index (Phi) is 6.71. The van der Waals surface area contributed by atoms with Crippen molar-refractivity contribution in [2.45, 2.75) is 13.6 Å². The molecular formula is C27H23Cl2N3O4. The number of carbonyl (C=O) groups is 2. The van der Waals surface area contributed by atoms with Crippen LogP contribution in [0.3, 0.4) is 0 Å². The monoisotopic (exact) mass is 523 g/mol. The Bertz CT molecular complexity index is 1520. The standard InChI is InChI=1S/C27H23Cl2N3O4/c1-17(33)18-6-8-19(9-7-18)31-12-10-30(11-13-31)16-32-24-15-23(29)21(14-25(24)36-27(32)35)26(34)20-4-2-3-5-22(20)28/h2-9,14-15H,10-13,16H2,1H3. The molecule has 36 heavy (non-hydrogen) atoms. The van der Waals surface area contributed by atoms with Crippen molar-refractivity contribution >= 4 is 51.6 Å². The maximum absolute atomic E-state index is 13.0. The first-order valence-corrected chi connectivity index (χ1v) is 12.3. The van der Waals surface area contributed by atoms with Gasteiger partial charge in [-0.15, -0.1) is 0 Å². The normalized spacial score (nSPS) is 14.4. The topological polar surface area (TPSA) is 75.8 Å². The van der Waals surface area contributed by atoms with Gasteiger partial charge in [0, 0.05) is 48.6 Å². The smallest absolute Gasteiger partial charge is 0.408 e. The number of piperazine rings is 1. The number of Topliss-reactive ketones (excluding diaryl/α,β-unsaturated/α-hetero) is 1. The van der Waals surface area contributed by atoms with Crippen LogP contribution in [0.5, 0.6) is 0 Å². The average Bonchev–Trinajstić information content (AvgIpc) is 3.17. The Morgan fingerprint density at radius 2 is 1.58 bits per heavy atom. The molecule has 0 bridgehead atoms. The Labute approximate surface area is 217 Å². The van der Waals surface area contributed by atoms with Gasteiger partial charge >= 0.3 is 5.76 Å². The van der Waals surface area contributed by atoms with E-state index in [2.05, 4.69) is 9.80 Å². The number of benzene rings is 3. The van der Waals surface area contributed by atoms with Crippen molar-refractivity contribution in [1.29, 1.82) is 0 Å². The number of hydrogen-bond acceptors (Lipinski definition) is 6. The second kappa shape index (κ2) is 9.93. The summed E-state index contributed by atoms with van der Waals surface area (Å²) in [5, 5.41) is 0.549. The van der Waals surface area contributed by atoms with Crippen molar-refractivity contribution < 1.29 is 14.0 Å². The largest absolute Gasteiger partial charge is 0.421 e. The molecule has 0 atom stereocenters. The minimum atomic E-state index is -0.509. The van der Waals surface area contributed by atoms with Crippen LogP contribution in [0.25, 0.3) is 11.1 Å². The summed E-state index contributed by atoms with van der Waals surface area (Å²) in [6.45, 7) is 4.94. The van der Waals surface area contributed by atoms with E-state index in [4.69, 9.17) is 27.6 Å². The first kappa shape index (κ1) is 24.3. The first-order valence-electron chi connectivity index (χ1n) is 11.5. The van der Waals surface area contributed by atoms with Crippen molar-refractivity contribution in [3.63, 3.8) is 0 Å². The van der Waals surface area contributed by atoms with E-state index in [0.29, 0.717) is 33.9 Å². The second-order valence-corrected chi connectivity index (χ2v) is 9.57. The number of halogens is 2. The highest BCUT2D eigenvalue weighted by atomic mass is 35.5. The minimum absolute atomic E-state index is 0.0459. The molecule has 3 aromatic carbocycles. The van der Waals surface area contributed by atoms with Crippen LogP contribution >= 0.6 is 23.2 Å². The summed E-state index contributed by atoms with van der Waals surface area (Å²) in [7, 11) is 0. The number of aromatic nitrogens is 1. The molecule has 1 saturated heterocycles. The molecule has 184 valence electrons. The summed E-state index contributed by atoms with van der Waals surface area (Å²) in [5.74, 6) is -0.800. The molecule has 0 N–H and O–H groups in total.